The van der Waals surface area contributed by atoms with Crippen molar-refractivity contribution in [1.29, 1.82) is 0 Å². The van der Waals surface area contributed by atoms with Gasteiger partial charge >= 0.3 is 5.97 Å². The Morgan fingerprint density at radius 2 is 2.24 bits per heavy atom. The molecule has 25 heavy (non-hydrogen) atoms. The van der Waals surface area contributed by atoms with Gasteiger partial charge in [-0.2, -0.15) is 0 Å². The van der Waals surface area contributed by atoms with Crippen molar-refractivity contribution < 1.29 is 22.4 Å². The summed E-state index contributed by atoms with van der Waals surface area (Å²) in [6, 6.07) is 4.47. The van der Waals surface area contributed by atoms with E-state index in [2.05, 4.69) is 10.0 Å². The molecule has 1 saturated heterocycles. The van der Waals surface area contributed by atoms with Crippen LogP contribution in [0.1, 0.15) is 35.9 Å². The lowest BCUT2D eigenvalue weighted by Crippen LogP contribution is -2.45. The lowest BCUT2D eigenvalue weighted by molar-refractivity contribution is 0.0491. The first-order valence-corrected chi connectivity index (χ1v) is 9.84. The standard InChI is InChI=1S/C17H22N2O5S/c1-3-23-17(20)16-11(2)14-9-13(6-7-15(14)24-16)25(21,22)19-12-5-4-8-18-10-12/h6-7,9,12,18-19H,3-5,8,10H2,1-2H3/t12-/m1/s1. The molecule has 2 heterocycles. The summed E-state index contributed by atoms with van der Waals surface area (Å²) in [5.74, 6) is -0.442. The van der Waals surface area contributed by atoms with Crippen LogP contribution in [0.5, 0.6) is 0 Å². The molecule has 1 atom stereocenters. The largest absolute Gasteiger partial charge is 0.460 e. The minimum Gasteiger partial charge on any atom is -0.460 e. The Hall–Kier alpha value is -1.90. The number of ether oxygens (including phenoxy) is 1. The van der Waals surface area contributed by atoms with Crippen LogP contribution in [-0.4, -0.2) is 40.1 Å². The molecule has 0 unspecified atom stereocenters. The van der Waals surface area contributed by atoms with E-state index in [4.69, 9.17) is 9.15 Å². The fourth-order valence-corrected chi connectivity index (χ4v) is 4.29. The van der Waals surface area contributed by atoms with Gasteiger partial charge in [-0.25, -0.2) is 17.9 Å². The summed E-state index contributed by atoms with van der Waals surface area (Å²) in [6.07, 6.45) is 1.75. The van der Waals surface area contributed by atoms with Crippen LogP contribution in [0.15, 0.2) is 27.5 Å². The van der Waals surface area contributed by atoms with Gasteiger partial charge < -0.3 is 14.5 Å². The molecule has 0 radical (unpaired) electrons. The highest BCUT2D eigenvalue weighted by Gasteiger charge is 2.24. The Morgan fingerprint density at radius 3 is 2.92 bits per heavy atom. The average molecular weight is 366 g/mol. The second kappa shape index (κ2) is 7.15. The third-order valence-electron chi connectivity index (χ3n) is 4.30. The van der Waals surface area contributed by atoms with Crippen molar-refractivity contribution >= 4 is 27.0 Å². The summed E-state index contributed by atoms with van der Waals surface area (Å²) in [7, 11) is -3.64. The van der Waals surface area contributed by atoms with Crippen LogP contribution < -0.4 is 10.0 Å². The molecule has 1 fully saturated rings. The average Bonchev–Trinajstić information content (AvgIpc) is 2.92. The molecule has 0 aliphatic carbocycles. The van der Waals surface area contributed by atoms with E-state index < -0.39 is 16.0 Å². The van der Waals surface area contributed by atoms with E-state index in [9.17, 15) is 13.2 Å². The van der Waals surface area contributed by atoms with Crippen molar-refractivity contribution in [3.8, 4) is 0 Å². The van der Waals surface area contributed by atoms with Gasteiger partial charge in [-0.05, 0) is 51.4 Å². The Kier molecular flexibility index (Phi) is 5.12. The molecule has 0 bridgehead atoms. The Bertz CT molecular complexity index is 882. The van der Waals surface area contributed by atoms with Gasteiger partial charge in [0.05, 0.1) is 11.5 Å². The van der Waals surface area contributed by atoms with Crippen LogP contribution in [0.4, 0.5) is 0 Å². The predicted molar refractivity (Wildman–Crippen MR) is 93.1 cm³/mol. The zero-order valence-corrected chi connectivity index (χ0v) is 15.1. The first-order chi connectivity index (χ1) is 11.9. The summed E-state index contributed by atoms with van der Waals surface area (Å²) in [4.78, 5) is 12.1. The van der Waals surface area contributed by atoms with Crippen LogP contribution in [-0.2, 0) is 14.8 Å². The first kappa shape index (κ1) is 17.9. The Labute approximate surface area is 146 Å². The number of carbonyl (C=O) groups excluding carboxylic acids is 1. The van der Waals surface area contributed by atoms with Gasteiger partial charge in [-0.15, -0.1) is 0 Å². The molecule has 0 saturated carbocycles. The Morgan fingerprint density at radius 1 is 1.44 bits per heavy atom. The highest BCUT2D eigenvalue weighted by molar-refractivity contribution is 7.89. The topological polar surface area (TPSA) is 97.6 Å². The molecule has 3 rings (SSSR count). The first-order valence-electron chi connectivity index (χ1n) is 8.35. The highest BCUT2D eigenvalue weighted by atomic mass is 32.2. The monoisotopic (exact) mass is 366 g/mol. The molecular weight excluding hydrogens is 344 g/mol. The minimum absolute atomic E-state index is 0.107. The number of rotatable bonds is 5. The molecule has 1 aliphatic rings. The summed E-state index contributed by atoms with van der Waals surface area (Å²) in [5.41, 5.74) is 1.03. The van der Waals surface area contributed by atoms with E-state index in [1.54, 1.807) is 19.9 Å². The zero-order chi connectivity index (χ0) is 18.0. The van der Waals surface area contributed by atoms with Crippen LogP contribution >= 0.6 is 0 Å². The maximum Gasteiger partial charge on any atom is 0.374 e. The molecule has 1 aromatic heterocycles. The second-order valence-electron chi connectivity index (χ2n) is 6.10. The lowest BCUT2D eigenvalue weighted by atomic mass is 10.1. The van der Waals surface area contributed by atoms with Crippen LogP contribution in [0.3, 0.4) is 0 Å². The molecule has 1 aliphatic heterocycles. The van der Waals surface area contributed by atoms with Crippen LogP contribution in [0.25, 0.3) is 11.0 Å². The molecule has 1 aromatic carbocycles. The number of hydrogen-bond donors (Lipinski definition) is 2. The third kappa shape index (κ3) is 3.70. The Balaban J connectivity index is 1.92. The van der Waals surface area contributed by atoms with Gasteiger partial charge in [0.25, 0.3) is 0 Å². The van der Waals surface area contributed by atoms with Crippen molar-refractivity contribution in [2.45, 2.75) is 37.6 Å². The molecule has 8 heteroatoms. The summed E-state index contributed by atoms with van der Waals surface area (Å²) >= 11 is 0. The maximum absolute atomic E-state index is 12.6. The van der Waals surface area contributed by atoms with Gasteiger partial charge in [-0.1, -0.05) is 0 Å². The number of furan rings is 1. The van der Waals surface area contributed by atoms with E-state index in [1.807, 2.05) is 0 Å². The number of aryl methyl sites for hydroxylation is 1. The normalized spacial score (nSPS) is 18.4. The molecule has 136 valence electrons. The molecule has 2 N–H and O–H groups in total. The zero-order valence-electron chi connectivity index (χ0n) is 14.3. The number of benzene rings is 1. The van der Waals surface area contributed by atoms with E-state index in [0.717, 1.165) is 19.4 Å². The number of carbonyl (C=O) groups is 1. The van der Waals surface area contributed by atoms with Crippen LogP contribution in [0, 0.1) is 6.92 Å². The van der Waals surface area contributed by atoms with E-state index in [0.29, 0.717) is 23.1 Å². The van der Waals surface area contributed by atoms with Crippen molar-refractivity contribution in [3.05, 3.63) is 29.5 Å². The lowest BCUT2D eigenvalue weighted by Gasteiger charge is -2.23. The van der Waals surface area contributed by atoms with E-state index in [1.165, 1.54) is 12.1 Å². The van der Waals surface area contributed by atoms with Crippen molar-refractivity contribution in [3.63, 3.8) is 0 Å². The summed E-state index contributed by atoms with van der Waals surface area (Å²) in [6.45, 7) is 5.21. The predicted octanol–water partition coefficient (Wildman–Crippen LogP) is 1.95. The van der Waals surface area contributed by atoms with Gasteiger partial charge in [0.1, 0.15) is 5.58 Å². The summed E-state index contributed by atoms with van der Waals surface area (Å²) in [5, 5.41) is 3.77. The molecule has 2 aromatic rings. The molecule has 0 spiro atoms. The SMILES string of the molecule is CCOC(=O)c1oc2ccc(S(=O)(=O)N[C@@H]3CCCNC3)cc2c1C. The highest BCUT2D eigenvalue weighted by Crippen LogP contribution is 2.28. The fraction of sp³-hybridized carbons (Fsp3) is 0.471. The molecule has 0 amide bonds. The number of esters is 1. The van der Waals surface area contributed by atoms with Crippen molar-refractivity contribution in [1.82, 2.24) is 10.0 Å². The number of sulfonamides is 1. The molecule has 7 nitrogen and oxygen atoms in total. The molecular formula is C17H22N2O5S. The summed E-state index contributed by atoms with van der Waals surface area (Å²) < 4.78 is 38.5. The second-order valence-corrected chi connectivity index (χ2v) is 7.81. The number of fused-ring (bicyclic) bond motifs is 1. The maximum atomic E-state index is 12.6. The number of piperidine rings is 1. The van der Waals surface area contributed by atoms with E-state index >= 15 is 0 Å². The van der Waals surface area contributed by atoms with Crippen LogP contribution in [0.2, 0.25) is 0 Å². The van der Waals surface area contributed by atoms with E-state index in [-0.39, 0.29) is 23.3 Å². The smallest absolute Gasteiger partial charge is 0.374 e. The quantitative estimate of drug-likeness (QED) is 0.785. The number of hydrogen-bond acceptors (Lipinski definition) is 6. The van der Waals surface area contributed by atoms with Crippen molar-refractivity contribution in [2.24, 2.45) is 0 Å². The van der Waals surface area contributed by atoms with Crippen molar-refractivity contribution in [2.75, 3.05) is 19.7 Å². The van der Waals surface area contributed by atoms with Gasteiger partial charge in [0.2, 0.25) is 15.8 Å². The van der Waals surface area contributed by atoms with Gasteiger partial charge in [0, 0.05) is 23.5 Å². The minimum atomic E-state index is -3.64. The third-order valence-corrected chi connectivity index (χ3v) is 5.82. The van der Waals surface area contributed by atoms with Gasteiger partial charge in [-0.3, -0.25) is 0 Å². The fourth-order valence-electron chi connectivity index (χ4n) is 3.00. The van der Waals surface area contributed by atoms with Gasteiger partial charge in [0.15, 0.2) is 0 Å². The number of nitrogens with one attached hydrogen (secondary N) is 2.